The second-order valence-corrected chi connectivity index (χ2v) is 10.4. The van der Waals surface area contributed by atoms with Crippen LogP contribution in [0.2, 0.25) is 0 Å². The first kappa shape index (κ1) is 25.6. The second-order valence-electron chi connectivity index (χ2n) is 8.45. The zero-order chi connectivity index (χ0) is 25.0. The largest absolute Gasteiger partial charge is 0.465 e. The normalized spacial score (nSPS) is 15.1. The van der Waals surface area contributed by atoms with Gasteiger partial charge in [0.05, 0.1) is 23.5 Å². The van der Waals surface area contributed by atoms with Crippen LogP contribution in [0.4, 0.5) is 0 Å². The summed E-state index contributed by atoms with van der Waals surface area (Å²) in [4.78, 5) is 37.0. The summed E-state index contributed by atoms with van der Waals surface area (Å²) in [6.07, 6.45) is 0.518. The molecule has 1 aliphatic rings. The fraction of sp³-hybridized carbons (Fsp3) is 0.400. The molecule has 1 fully saturated rings. The molecule has 1 saturated heterocycles. The van der Waals surface area contributed by atoms with E-state index in [1.807, 2.05) is 26.8 Å². The highest BCUT2D eigenvalue weighted by Gasteiger charge is 2.35. The molecule has 0 unspecified atom stereocenters. The van der Waals surface area contributed by atoms with Gasteiger partial charge in [0.15, 0.2) is 6.61 Å². The van der Waals surface area contributed by atoms with Crippen molar-refractivity contribution in [3.05, 3.63) is 64.2 Å². The number of carbonyl (C=O) groups is 3. The number of hydrogen-bond donors (Lipinski definition) is 0. The van der Waals surface area contributed by atoms with E-state index in [9.17, 15) is 22.8 Å². The molecule has 0 atom stereocenters. The minimum Gasteiger partial charge on any atom is -0.465 e. The lowest BCUT2D eigenvalue weighted by Gasteiger charge is -2.30. The number of benzene rings is 2. The molecular weight excluding hydrogens is 458 g/mol. The van der Waals surface area contributed by atoms with Crippen LogP contribution in [-0.4, -0.2) is 57.3 Å². The fourth-order valence-electron chi connectivity index (χ4n) is 4.03. The molecule has 0 radical (unpaired) electrons. The third-order valence-corrected chi connectivity index (χ3v) is 8.14. The van der Waals surface area contributed by atoms with E-state index in [1.54, 1.807) is 12.1 Å². The minimum absolute atomic E-state index is 0.0355. The van der Waals surface area contributed by atoms with Gasteiger partial charge in [-0.3, -0.25) is 9.59 Å². The molecule has 0 aromatic heterocycles. The number of sulfonamides is 1. The maximum Gasteiger partial charge on any atom is 0.339 e. The first-order valence-electron chi connectivity index (χ1n) is 11.0. The predicted molar refractivity (Wildman–Crippen MR) is 125 cm³/mol. The number of hydrogen-bond acceptors (Lipinski definition) is 7. The van der Waals surface area contributed by atoms with Crippen molar-refractivity contribution < 1.29 is 32.3 Å². The average molecular weight is 488 g/mol. The summed E-state index contributed by atoms with van der Waals surface area (Å²) in [6.45, 7) is 5.58. The van der Waals surface area contributed by atoms with E-state index >= 15 is 0 Å². The van der Waals surface area contributed by atoms with Crippen molar-refractivity contribution in [2.75, 3.05) is 26.8 Å². The Balaban J connectivity index is 1.61. The molecule has 0 N–H and O–H groups in total. The molecule has 9 heteroatoms. The topological polar surface area (TPSA) is 107 Å². The van der Waals surface area contributed by atoms with Crippen LogP contribution >= 0.6 is 0 Å². The van der Waals surface area contributed by atoms with Gasteiger partial charge in [-0.2, -0.15) is 4.31 Å². The Hall–Kier alpha value is -3.04. The highest BCUT2D eigenvalue weighted by Crippen LogP contribution is 2.27. The van der Waals surface area contributed by atoms with Crippen LogP contribution in [0.3, 0.4) is 0 Å². The number of carbonyl (C=O) groups excluding carboxylic acids is 3. The van der Waals surface area contributed by atoms with Crippen molar-refractivity contribution in [3.63, 3.8) is 0 Å². The van der Waals surface area contributed by atoms with Crippen LogP contribution in [0.5, 0.6) is 0 Å². The van der Waals surface area contributed by atoms with Gasteiger partial charge in [-0.15, -0.1) is 0 Å². The molecule has 0 spiro atoms. The van der Waals surface area contributed by atoms with Gasteiger partial charge in [-0.1, -0.05) is 18.2 Å². The monoisotopic (exact) mass is 487 g/mol. The molecule has 0 aliphatic carbocycles. The fourth-order valence-corrected chi connectivity index (χ4v) is 5.68. The molecule has 2 aromatic rings. The first-order valence-corrected chi connectivity index (χ1v) is 12.5. The molecule has 1 heterocycles. The summed E-state index contributed by atoms with van der Waals surface area (Å²) in [5, 5.41) is 0. The Morgan fingerprint density at radius 2 is 1.56 bits per heavy atom. The van der Waals surface area contributed by atoms with Crippen LogP contribution in [0.15, 0.2) is 41.3 Å². The molecule has 182 valence electrons. The number of esters is 2. The number of rotatable bonds is 7. The van der Waals surface area contributed by atoms with E-state index in [0.717, 1.165) is 16.7 Å². The van der Waals surface area contributed by atoms with Gasteiger partial charge in [0.25, 0.3) is 0 Å². The zero-order valence-corrected chi connectivity index (χ0v) is 20.6. The van der Waals surface area contributed by atoms with Crippen molar-refractivity contribution in [1.29, 1.82) is 0 Å². The number of aryl methyl sites for hydroxylation is 3. The lowest BCUT2D eigenvalue weighted by atomic mass is 9.97. The van der Waals surface area contributed by atoms with Crippen molar-refractivity contribution in [2.24, 2.45) is 5.92 Å². The number of ether oxygens (including phenoxy) is 2. The number of piperidine rings is 1. The van der Waals surface area contributed by atoms with Crippen molar-refractivity contribution >= 4 is 27.7 Å². The lowest BCUT2D eigenvalue weighted by Crippen LogP contribution is -2.41. The van der Waals surface area contributed by atoms with Crippen molar-refractivity contribution in [1.82, 2.24) is 4.31 Å². The van der Waals surface area contributed by atoms with E-state index < -0.39 is 27.9 Å². The molecule has 1 aliphatic heterocycles. The molecular formula is C25H29NO7S. The molecule has 0 saturated carbocycles. The summed E-state index contributed by atoms with van der Waals surface area (Å²) in [5.41, 5.74) is 3.40. The number of nitrogens with zero attached hydrogens (tertiary/aromatic N) is 1. The van der Waals surface area contributed by atoms with Gasteiger partial charge in [0.2, 0.25) is 15.8 Å². The number of methoxy groups -OCH3 is 1. The first-order chi connectivity index (χ1) is 16.1. The van der Waals surface area contributed by atoms with Crippen LogP contribution in [0.25, 0.3) is 0 Å². The molecule has 2 aromatic carbocycles. The summed E-state index contributed by atoms with van der Waals surface area (Å²) < 4.78 is 37.5. The van der Waals surface area contributed by atoms with Crippen LogP contribution in [-0.2, 0) is 24.3 Å². The lowest BCUT2D eigenvalue weighted by molar-refractivity contribution is -0.148. The van der Waals surface area contributed by atoms with E-state index in [4.69, 9.17) is 9.47 Å². The van der Waals surface area contributed by atoms with Crippen LogP contribution < -0.4 is 0 Å². The quantitative estimate of drug-likeness (QED) is 0.436. The Morgan fingerprint density at radius 3 is 2.21 bits per heavy atom. The van der Waals surface area contributed by atoms with Gasteiger partial charge in [0.1, 0.15) is 0 Å². The summed E-state index contributed by atoms with van der Waals surface area (Å²) >= 11 is 0. The third-order valence-electron chi connectivity index (χ3n) is 6.18. The standard InChI is InChI=1S/C25H29NO7S/c1-16-13-18(3)21(14-17(16)2)22(27)15-33-24(28)19-9-11-26(12-10-19)34(30,31)23-8-6-5-7-20(23)25(29)32-4/h5-8,13-14,19H,9-12,15H2,1-4H3. The summed E-state index contributed by atoms with van der Waals surface area (Å²) in [5.74, 6) is -2.02. The molecule has 3 rings (SSSR count). The van der Waals surface area contributed by atoms with Gasteiger partial charge in [-0.05, 0) is 68.5 Å². The van der Waals surface area contributed by atoms with Gasteiger partial charge < -0.3 is 9.47 Å². The Labute approximate surface area is 199 Å². The number of Topliss-reactive ketones (excluding diaryl/α,β-unsaturated/α-hetero) is 1. The number of ketones is 1. The van der Waals surface area contributed by atoms with Crippen LogP contribution in [0.1, 0.15) is 50.2 Å². The molecule has 34 heavy (non-hydrogen) atoms. The summed E-state index contributed by atoms with van der Waals surface area (Å²) in [6, 6.07) is 9.60. The Bertz CT molecular complexity index is 1210. The van der Waals surface area contributed by atoms with Gasteiger partial charge >= 0.3 is 11.9 Å². The van der Waals surface area contributed by atoms with Gasteiger partial charge in [-0.25, -0.2) is 13.2 Å². The highest BCUT2D eigenvalue weighted by molar-refractivity contribution is 7.89. The maximum absolute atomic E-state index is 13.1. The highest BCUT2D eigenvalue weighted by atomic mass is 32.2. The van der Waals surface area contributed by atoms with Crippen molar-refractivity contribution in [2.45, 2.75) is 38.5 Å². The van der Waals surface area contributed by atoms with E-state index in [1.165, 1.54) is 29.6 Å². The van der Waals surface area contributed by atoms with Gasteiger partial charge in [0, 0.05) is 18.7 Å². The SMILES string of the molecule is COC(=O)c1ccccc1S(=O)(=O)N1CCC(C(=O)OCC(=O)c2cc(C)c(C)cc2C)CC1. The summed E-state index contributed by atoms with van der Waals surface area (Å²) in [7, 11) is -2.76. The van der Waals surface area contributed by atoms with E-state index in [0.29, 0.717) is 5.56 Å². The Kier molecular flexibility index (Phi) is 7.89. The molecule has 0 amide bonds. The minimum atomic E-state index is -3.94. The zero-order valence-electron chi connectivity index (χ0n) is 19.8. The van der Waals surface area contributed by atoms with Crippen molar-refractivity contribution in [3.8, 4) is 0 Å². The maximum atomic E-state index is 13.1. The molecule has 0 bridgehead atoms. The Morgan fingerprint density at radius 1 is 0.941 bits per heavy atom. The van der Waals surface area contributed by atoms with E-state index in [2.05, 4.69) is 0 Å². The van der Waals surface area contributed by atoms with Crippen LogP contribution in [0, 0.1) is 26.7 Å². The van der Waals surface area contributed by atoms with E-state index in [-0.39, 0.29) is 48.8 Å². The smallest absolute Gasteiger partial charge is 0.339 e. The average Bonchev–Trinajstić information content (AvgIpc) is 2.84. The second kappa shape index (κ2) is 10.5. The third kappa shape index (κ3) is 5.37. The molecule has 8 nitrogen and oxygen atoms in total. The predicted octanol–water partition coefficient (Wildman–Crippen LogP) is 3.23.